The lowest BCUT2D eigenvalue weighted by Gasteiger charge is -2.34. The minimum Gasteiger partial charge on any atom is -0.354 e. The maximum atomic E-state index is 13.1. The summed E-state index contributed by atoms with van der Waals surface area (Å²) in [5.41, 5.74) is 2.05. The molecule has 0 aliphatic rings. The monoisotopic (exact) mass is 422 g/mol. The van der Waals surface area contributed by atoms with Gasteiger partial charge in [0.25, 0.3) is 10.0 Å². The summed E-state index contributed by atoms with van der Waals surface area (Å²) in [5, 5.41) is 2.30. The molecule has 3 aromatic rings. The van der Waals surface area contributed by atoms with Crippen LogP contribution in [0.3, 0.4) is 0 Å². The molecule has 3 aromatic carbocycles. The number of hydrogen-bond acceptors (Lipinski definition) is 2. The van der Waals surface area contributed by atoms with Gasteiger partial charge in [-0.05, 0) is 63.1 Å². The third-order valence-electron chi connectivity index (χ3n) is 5.13. The second kappa shape index (κ2) is 9.00. The second-order valence-electron chi connectivity index (χ2n) is 8.25. The number of hydrogen-bond donors (Lipinski definition) is 0. The molecule has 0 N–H and O–H groups in total. The Morgan fingerprint density at radius 2 is 1.47 bits per heavy atom. The average Bonchev–Trinajstić information content (AvgIpc) is 2.67. The van der Waals surface area contributed by atoms with Crippen LogP contribution < -0.4 is 0 Å². The molecule has 5 heteroatoms. The van der Waals surface area contributed by atoms with Crippen LogP contribution in [-0.4, -0.2) is 31.2 Å². The van der Waals surface area contributed by atoms with Crippen LogP contribution >= 0.6 is 0 Å². The highest BCUT2D eigenvalue weighted by Gasteiger charge is 2.23. The molecule has 0 unspecified atom stereocenters. The first-order valence-corrected chi connectivity index (χ1v) is 11.8. The topological polar surface area (TPSA) is 49.7 Å². The predicted octanol–water partition coefficient (Wildman–Crippen LogP) is 5.60. The molecule has 3 rings (SSSR count). The summed E-state index contributed by atoms with van der Waals surface area (Å²) in [6.45, 7) is 10.2. The minimum atomic E-state index is -3.80. The van der Waals surface area contributed by atoms with E-state index in [0.717, 1.165) is 21.9 Å². The zero-order valence-corrected chi connectivity index (χ0v) is 19.1. The molecule has 0 heterocycles. The zero-order chi connectivity index (χ0) is 21.9. The fourth-order valence-corrected chi connectivity index (χ4v) is 4.82. The summed E-state index contributed by atoms with van der Waals surface area (Å²) in [6, 6.07) is 21.5. The fourth-order valence-electron chi connectivity index (χ4n) is 3.80. The summed E-state index contributed by atoms with van der Waals surface area (Å²) in [4.78, 5) is 2.30. The van der Waals surface area contributed by atoms with Crippen LogP contribution in [0.15, 0.2) is 76.0 Å². The molecule has 0 radical (unpaired) electrons. The van der Waals surface area contributed by atoms with Crippen molar-refractivity contribution in [2.24, 2.45) is 4.40 Å². The van der Waals surface area contributed by atoms with Gasteiger partial charge < -0.3 is 4.90 Å². The van der Waals surface area contributed by atoms with Crippen molar-refractivity contribution >= 4 is 26.6 Å². The first kappa shape index (κ1) is 22.0. The Morgan fingerprint density at radius 3 is 2.07 bits per heavy atom. The van der Waals surface area contributed by atoms with Crippen molar-refractivity contribution in [1.29, 1.82) is 0 Å². The third kappa shape index (κ3) is 5.08. The van der Waals surface area contributed by atoms with Crippen molar-refractivity contribution in [2.75, 3.05) is 0 Å². The van der Waals surface area contributed by atoms with E-state index in [0.29, 0.717) is 12.3 Å². The Kier molecular flexibility index (Phi) is 6.61. The smallest absolute Gasteiger partial charge is 0.283 e. The van der Waals surface area contributed by atoms with E-state index in [2.05, 4.69) is 67.3 Å². The van der Waals surface area contributed by atoms with Crippen molar-refractivity contribution in [3.05, 3.63) is 77.9 Å². The Bertz CT molecular complexity index is 1140. The minimum absolute atomic E-state index is 0.123. The number of sulfonamides is 1. The Labute approximate surface area is 180 Å². The molecule has 30 heavy (non-hydrogen) atoms. The molecule has 0 aliphatic carbocycles. The number of rotatable bonds is 6. The molecule has 158 valence electrons. The molecule has 0 spiro atoms. The lowest BCUT2D eigenvalue weighted by atomic mass is 10.0. The van der Waals surface area contributed by atoms with E-state index < -0.39 is 10.0 Å². The van der Waals surface area contributed by atoms with E-state index >= 15 is 0 Å². The van der Waals surface area contributed by atoms with Crippen molar-refractivity contribution in [1.82, 2.24) is 4.90 Å². The summed E-state index contributed by atoms with van der Waals surface area (Å²) in [7, 11) is -3.80. The van der Waals surface area contributed by atoms with Gasteiger partial charge in [0.15, 0.2) is 0 Å². The quantitative estimate of drug-likeness (QED) is 0.384. The molecule has 4 nitrogen and oxygen atoms in total. The number of aryl methyl sites for hydroxylation is 1. The summed E-state index contributed by atoms with van der Waals surface area (Å²) >= 11 is 0. The molecule has 0 bridgehead atoms. The van der Waals surface area contributed by atoms with Gasteiger partial charge in [0.2, 0.25) is 0 Å². The second-order valence-corrected chi connectivity index (χ2v) is 9.85. The number of fused-ring (bicyclic) bond motifs is 1. The summed E-state index contributed by atoms with van der Waals surface area (Å²) < 4.78 is 30.5. The largest absolute Gasteiger partial charge is 0.354 e. The SMILES string of the molecule is Cc1ccc(S(=O)(=O)/N=C(\Cc2ccc3ccccc3c2)N(C(C)C)C(C)C)cc1. The van der Waals surface area contributed by atoms with Gasteiger partial charge >= 0.3 is 0 Å². The Morgan fingerprint density at radius 1 is 0.867 bits per heavy atom. The highest BCUT2D eigenvalue weighted by molar-refractivity contribution is 7.90. The summed E-state index contributed by atoms with van der Waals surface area (Å²) in [6.07, 6.45) is 0.451. The number of benzene rings is 3. The van der Waals surface area contributed by atoms with Gasteiger partial charge in [-0.3, -0.25) is 0 Å². The van der Waals surface area contributed by atoms with Crippen molar-refractivity contribution in [3.63, 3.8) is 0 Å². The van der Waals surface area contributed by atoms with Gasteiger partial charge in [-0.15, -0.1) is 4.40 Å². The van der Waals surface area contributed by atoms with Crippen LogP contribution in [0.1, 0.15) is 38.8 Å². The molecule has 0 atom stereocenters. The molecule has 0 aromatic heterocycles. The maximum Gasteiger partial charge on any atom is 0.283 e. The van der Waals surface area contributed by atoms with Crippen LogP contribution in [0.4, 0.5) is 0 Å². The molecule has 0 aliphatic heterocycles. The lowest BCUT2D eigenvalue weighted by Crippen LogP contribution is -2.43. The molecule has 0 fully saturated rings. The maximum absolute atomic E-state index is 13.1. The Hall–Kier alpha value is -2.66. The van der Waals surface area contributed by atoms with E-state index in [1.807, 2.05) is 19.1 Å². The van der Waals surface area contributed by atoms with Gasteiger partial charge in [-0.1, -0.05) is 60.2 Å². The van der Waals surface area contributed by atoms with E-state index in [-0.39, 0.29) is 17.0 Å². The van der Waals surface area contributed by atoms with E-state index in [4.69, 9.17) is 0 Å². The van der Waals surface area contributed by atoms with Crippen LogP contribution in [-0.2, 0) is 16.4 Å². The summed E-state index contributed by atoms with van der Waals surface area (Å²) in [5.74, 6) is 0.566. The van der Waals surface area contributed by atoms with E-state index in [1.54, 1.807) is 24.3 Å². The first-order chi connectivity index (χ1) is 14.2. The van der Waals surface area contributed by atoms with E-state index in [9.17, 15) is 8.42 Å². The van der Waals surface area contributed by atoms with Crippen LogP contribution in [0.2, 0.25) is 0 Å². The van der Waals surface area contributed by atoms with Crippen molar-refractivity contribution in [3.8, 4) is 0 Å². The van der Waals surface area contributed by atoms with Gasteiger partial charge in [0.1, 0.15) is 5.84 Å². The fraction of sp³-hybridized carbons (Fsp3) is 0.320. The van der Waals surface area contributed by atoms with Gasteiger partial charge in [-0.25, -0.2) is 0 Å². The van der Waals surface area contributed by atoms with Gasteiger partial charge in [0, 0.05) is 18.5 Å². The normalized spacial score (nSPS) is 12.7. The van der Waals surface area contributed by atoms with Crippen LogP contribution in [0.25, 0.3) is 10.8 Å². The third-order valence-corrected chi connectivity index (χ3v) is 6.45. The van der Waals surface area contributed by atoms with Crippen LogP contribution in [0, 0.1) is 6.92 Å². The molecule has 0 saturated heterocycles. The average molecular weight is 423 g/mol. The molecular weight excluding hydrogens is 392 g/mol. The molecule has 0 amide bonds. The number of nitrogens with zero attached hydrogens (tertiary/aromatic N) is 2. The predicted molar refractivity (Wildman–Crippen MR) is 126 cm³/mol. The van der Waals surface area contributed by atoms with Gasteiger partial charge in [-0.2, -0.15) is 8.42 Å². The van der Waals surface area contributed by atoms with E-state index in [1.165, 1.54) is 0 Å². The molecular formula is C25H30N2O2S. The highest BCUT2D eigenvalue weighted by Crippen LogP contribution is 2.20. The standard InChI is InChI=1S/C25H30N2O2S/c1-18(2)27(19(3)4)25(26-30(28,29)24-14-10-20(5)11-15-24)17-21-12-13-22-8-6-7-9-23(22)16-21/h6-16,18-19H,17H2,1-5H3/b26-25+. The lowest BCUT2D eigenvalue weighted by molar-refractivity contribution is 0.288. The molecule has 0 saturated carbocycles. The van der Waals surface area contributed by atoms with Crippen LogP contribution in [0.5, 0.6) is 0 Å². The number of amidine groups is 1. The van der Waals surface area contributed by atoms with Crippen molar-refractivity contribution < 1.29 is 8.42 Å². The van der Waals surface area contributed by atoms with Gasteiger partial charge in [0.05, 0.1) is 4.90 Å². The Balaban J connectivity index is 2.07. The zero-order valence-electron chi connectivity index (χ0n) is 18.3. The highest BCUT2D eigenvalue weighted by atomic mass is 32.2. The van der Waals surface area contributed by atoms with Crippen molar-refractivity contribution in [2.45, 2.75) is 58.0 Å². The first-order valence-electron chi connectivity index (χ1n) is 10.3.